The summed E-state index contributed by atoms with van der Waals surface area (Å²) in [5, 5.41) is 12.4. The molecule has 1 amide bonds. The van der Waals surface area contributed by atoms with Crippen LogP contribution >= 0.6 is 11.8 Å². The molecule has 1 N–H and O–H groups in total. The highest BCUT2D eigenvalue weighted by atomic mass is 32.2. The molecular formula is C23H21N5OS. The molecule has 0 aliphatic heterocycles. The van der Waals surface area contributed by atoms with Crippen molar-refractivity contribution in [3.8, 4) is 17.1 Å². The molecule has 0 spiro atoms. The van der Waals surface area contributed by atoms with Gasteiger partial charge in [-0.25, -0.2) is 0 Å². The summed E-state index contributed by atoms with van der Waals surface area (Å²) in [7, 11) is 0. The first-order valence-electron chi connectivity index (χ1n) is 9.60. The monoisotopic (exact) mass is 415 g/mol. The van der Waals surface area contributed by atoms with Gasteiger partial charge < -0.3 is 5.32 Å². The van der Waals surface area contributed by atoms with Gasteiger partial charge in [-0.3, -0.25) is 14.3 Å². The smallest absolute Gasteiger partial charge is 0.230 e. The van der Waals surface area contributed by atoms with E-state index >= 15 is 0 Å². The number of amides is 1. The summed E-state index contributed by atoms with van der Waals surface area (Å²) < 4.78 is 1.95. The maximum absolute atomic E-state index is 12.5. The third-order valence-corrected chi connectivity index (χ3v) is 5.51. The Morgan fingerprint density at radius 3 is 2.43 bits per heavy atom. The maximum atomic E-state index is 12.5. The van der Waals surface area contributed by atoms with Crippen molar-refractivity contribution in [2.24, 2.45) is 0 Å². The van der Waals surface area contributed by atoms with E-state index in [2.05, 4.69) is 20.5 Å². The van der Waals surface area contributed by atoms with Crippen molar-refractivity contribution < 1.29 is 4.79 Å². The lowest BCUT2D eigenvalue weighted by Crippen LogP contribution is -2.28. The summed E-state index contributed by atoms with van der Waals surface area (Å²) in [5.41, 5.74) is 2.87. The highest BCUT2D eigenvalue weighted by molar-refractivity contribution is 7.99. The van der Waals surface area contributed by atoms with Gasteiger partial charge in [0.05, 0.1) is 11.8 Å². The summed E-state index contributed by atoms with van der Waals surface area (Å²) in [5.74, 6) is 0.881. The molecule has 2 aromatic heterocycles. The number of thioether (sulfide) groups is 1. The van der Waals surface area contributed by atoms with Gasteiger partial charge in [0, 0.05) is 23.6 Å². The summed E-state index contributed by atoms with van der Waals surface area (Å²) in [6, 6.07) is 23.5. The Hall–Kier alpha value is -3.45. The van der Waals surface area contributed by atoms with Gasteiger partial charge >= 0.3 is 0 Å². The van der Waals surface area contributed by atoms with E-state index in [1.165, 1.54) is 11.8 Å². The number of para-hydroxylation sites is 1. The second kappa shape index (κ2) is 9.37. The normalized spacial score (nSPS) is 11.8. The molecule has 2 heterocycles. The van der Waals surface area contributed by atoms with E-state index in [1.807, 2.05) is 84.3 Å². The van der Waals surface area contributed by atoms with E-state index in [0.29, 0.717) is 11.0 Å². The number of pyridine rings is 1. The Morgan fingerprint density at radius 1 is 1.00 bits per heavy atom. The minimum atomic E-state index is -0.0581. The molecule has 7 heteroatoms. The first-order chi connectivity index (χ1) is 14.7. The van der Waals surface area contributed by atoms with Crippen LogP contribution in [0.3, 0.4) is 0 Å². The Balaban J connectivity index is 1.53. The van der Waals surface area contributed by atoms with Gasteiger partial charge in [0.25, 0.3) is 0 Å². The van der Waals surface area contributed by atoms with E-state index in [1.54, 1.807) is 12.4 Å². The molecule has 1 atom stereocenters. The van der Waals surface area contributed by atoms with Crippen molar-refractivity contribution in [3.05, 3.63) is 90.8 Å². The third-order valence-electron chi connectivity index (χ3n) is 4.58. The van der Waals surface area contributed by atoms with E-state index in [4.69, 9.17) is 0 Å². The van der Waals surface area contributed by atoms with E-state index in [0.717, 1.165) is 16.8 Å². The molecule has 0 bridgehead atoms. The molecule has 2 aromatic carbocycles. The standard InChI is InChI=1S/C23H21N5OS/c1-17(18-9-4-2-5-10-18)25-21(29)16-30-23-27-26-22(19-11-8-14-24-15-19)28(23)20-12-6-3-7-13-20/h2-15,17H,16H2,1H3,(H,25,29)/t17-/m1/s1. The number of hydrogen-bond acceptors (Lipinski definition) is 5. The molecule has 4 rings (SSSR count). The zero-order chi connectivity index (χ0) is 20.8. The van der Waals surface area contributed by atoms with Crippen LogP contribution in [0.5, 0.6) is 0 Å². The van der Waals surface area contributed by atoms with E-state index in [9.17, 15) is 4.79 Å². The lowest BCUT2D eigenvalue weighted by Gasteiger charge is -2.14. The van der Waals surface area contributed by atoms with Crippen LogP contribution in [0.1, 0.15) is 18.5 Å². The quantitative estimate of drug-likeness (QED) is 0.456. The highest BCUT2D eigenvalue weighted by Crippen LogP contribution is 2.27. The molecule has 150 valence electrons. The van der Waals surface area contributed by atoms with Crippen LogP contribution < -0.4 is 5.32 Å². The van der Waals surface area contributed by atoms with E-state index in [-0.39, 0.29) is 17.7 Å². The lowest BCUT2D eigenvalue weighted by atomic mass is 10.1. The molecule has 4 aromatic rings. The summed E-state index contributed by atoms with van der Waals surface area (Å²) in [6.45, 7) is 1.98. The largest absolute Gasteiger partial charge is 0.349 e. The highest BCUT2D eigenvalue weighted by Gasteiger charge is 2.18. The summed E-state index contributed by atoms with van der Waals surface area (Å²) in [6.07, 6.45) is 3.48. The van der Waals surface area contributed by atoms with Gasteiger partial charge in [-0.15, -0.1) is 10.2 Å². The number of carbonyl (C=O) groups is 1. The van der Waals surface area contributed by atoms with Crippen molar-refractivity contribution in [2.75, 3.05) is 5.75 Å². The number of aromatic nitrogens is 4. The first-order valence-corrected chi connectivity index (χ1v) is 10.6. The maximum Gasteiger partial charge on any atom is 0.230 e. The fraction of sp³-hybridized carbons (Fsp3) is 0.130. The molecule has 30 heavy (non-hydrogen) atoms. The second-order valence-electron chi connectivity index (χ2n) is 6.71. The summed E-state index contributed by atoms with van der Waals surface area (Å²) in [4.78, 5) is 16.7. The SMILES string of the molecule is C[C@@H](NC(=O)CSc1nnc(-c2cccnc2)n1-c1ccccc1)c1ccccc1. The molecule has 6 nitrogen and oxygen atoms in total. The third kappa shape index (κ3) is 4.58. The number of nitrogens with zero attached hydrogens (tertiary/aromatic N) is 4. The van der Waals surface area contributed by atoms with Crippen molar-refractivity contribution in [1.82, 2.24) is 25.1 Å². The molecule has 0 aliphatic rings. The number of rotatable bonds is 7. The van der Waals surface area contributed by atoms with Crippen LogP contribution in [0.15, 0.2) is 90.3 Å². The Bertz CT molecular complexity index is 1100. The zero-order valence-electron chi connectivity index (χ0n) is 16.5. The van der Waals surface area contributed by atoms with Crippen LogP contribution in [0, 0.1) is 0 Å². The first kappa shape index (κ1) is 19.8. The zero-order valence-corrected chi connectivity index (χ0v) is 17.3. The molecule has 0 radical (unpaired) electrons. The predicted octanol–water partition coefficient (Wildman–Crippen LogP) is 4.30. The van der Waals surface area contributed by atoms with Gasteiger partial charge in [0.1, 0.15) is 0 Å². The van der Waals surface area contributed by atoms with Crippen molar-refractivity contribution in [3.63, 3.8) is 0 Å². The van der Waals surface area contributed by atoms with Crippen LogP contribution in [-0.2, 0) is 4.79 Å². The molecule has 0 aliphatic carbocycles. The fourth-order valence-corrected chi connectivity index (χ4v) is 3.86. The Morgan fingerprint density at radius 2 is 1.73 bits per heavy atom. The molecule has 0 unspecified atom stereocenters. The average Bonchev–Trinajstić information content (AvgIpc) is 3.23. The minimum absolute atomic E-state index is 0.0538. The Labute approximate surface area is 179 Å². The topological polar surface area (TPSA) is 72.7 Å². The van der Waals surface area contributed by atoms with Gasteiger partial charge in [-0.05, 0) is 36.8 Å². The Kier molecular flexibility index (Phi) is 6.20. The number of hydrogen-bond donors (Lipinski definition) is 1. The van der Waals surface area contributed by atoms with Gasteiger partial charge in [0.15, 0.2) is 11.0 Å². The minimum Gasteiger partial charge on any atom is -0.349 e. The van der Waals surface area contributed by atoms with Gasteiger partial charge in [-0.1, -0.05) is 60.3 Å². The second-order valence-corrected chi connectivity index (χ2v) is 7.65. The van der Waals surface area contributed by atoms with Gasteiger partial charge in [-0.2, -0.15) is 0 Å². The van der Waals surface area contributed by atoms with Gasteiger partial charge in [0.2, 0.25) is 5.91 Å². The molecular weight excluding hydrogens is 394 g/mol. The van der Waals surface area contributed by atoms with Crippen molar-refractivity contribution in [1.29, 1.82) is 0 Å². The number of carbonyl (C=O) groups excluding carboxylic acids is 1. The lowest BCUT2D eigenvalue weighted by molar-refractivity contribution is -0.119. The van der Waals surface area contributed by atoms with Crippen LogP contribution in [-0.4, -0.2) is 31.4 Å². The summed E-state index contributed by atoms with van der Waals surface area (Å²) >= 11 is 1.36. The van der Waals surface area contributed by atoms with Crippen molar-refractivity contribution in [2.45, 2.75) is 18.1 Å². The molecule has 0 saturated heterocycles. The van der Waals surface area contributed by atoms with E-state index < -0.39 is 0 Å². The average molecular weight is 416 g/mol. The predicted molar refractivity (Wildman–Crippen MR) is 118 cm³/mol. The van der Waals surface area contributed by atoms with Crippen LogP contribution in [0.25, 0.3) is 17.1 Å². The van der Waals surface area contributed by atoms with Crippen LogP contribution in [0.2, 0.25) is 0 Å². The fourth-order valence-electron chi connectivity index (χ4n) is 3.09. The number of nitrogens with one attached hydrogen (secondary N) is 1. The molecule has 0 saturated carbocycles. The molecule has 0 fully saturated rings. The number of benzene rings is 2. The van der Waals surface area contributed by atoms with Crippen molar-refractivity contribution >= 4 is 17.7 Å². The van der Waals surface area contributed by atoms with Crippen LogP contribution in [0.4, 0.5) is 0 Å².